The van der Waals surface area contributed by atoms with Gasteiger partial charge in [-0.05, 0) is 18.9 Å². The van der Waals surface area contributed by atoms with Gasteiger partial charge in [0.25, 0.3) is 11.1 Å². The van der Waals surface area contributed by atoms with Gasteiger partial charge in [-0.15, -0.1) is 21.5 Å². The lowest BCUT2D eigenvalue weighted by Crippen LogP contribution is -2.26. The van der Waals surface area contributed by atoms with E-state index >= 15 is 0 Å². The predicted molar refractivity (Wildman–Crippen MR) is 92.0 cm³/mol. The van der Waals surface area contributed by atoms with Crippen LogP contribution < -0.4 is 5.32 Å². The molecule has 2 aromatic heterocycles. The Morgan fingerprint density at radius 3 is 3.00 bits per heavy atom. The minimum absolute atomic E-state index is 0.00264. The van der Waals surface area contributed by atoms with E-state index in [1.807, 2.05) is 24.3 Å². The van der Waals surface area contributed by atoms with E-state index in [1.165, 1.54) is 23.1 Å². The van der Waals surface area contributed by atoms with Gasteiger partial charge in [0.2, 0.25) is 5.91 Å². The van der Waals surface area contributed by atoms with Crippen LogP contribution in [0.2, 0.25) is 5.02 Å². The van der Waals surface area contributed by atoms with Gasteiger partial charge in [-0.2, -0.15) is 0 Å². The van der Waals surface area contributed by atoms with Crippen LogP contribution in [0.25, 0.3) is 20.9 Å². The highest BCUT2D eigenvalue weighted by Crippen LogP contribution is 2.41. The summed E-state index contributed by atoms with van der Waals surface area (Å²) in [4.78, 5) is 12.4. The first kappa shape index (κ1) is 15.0. The lowest BCUT2D eigenvalue weighted by atomic mass is 10.2. The highest BCUT2D eigenvalue weighted by atomic mass is 35.5. The number of halogens is 1. The van der Waals surface area contributed by atoms with Gasteiger partial charge < -0.3 is 9.73 Å². The topological polar surface area (TPSA) is 68.0 Å². The molecule has 1 aromatic carbocycles. The highest BCUT2D eigenvalue weighted by Gasteiger charge is 2.23. The predicted octanol–water partition coefficient (Wildman–Crippen LogP) is 3.98. The second-order valence-corrected chi connectivity index (χ2v) is 7.60. The molecule has 0 saturated heterocycles. The van der Waals surface area contributed by atoms with E-state index in [0.29, 0.717) is 22.2 Å². The van der Waals surface area contributed by atoms with Crippen molar-refractivity contribution in [2.24, 2.45) is 0 Å². The normalized spacial score (nSPS) is 14.3. The first-order valence-corrected chi connectivity index (χ1v) is 9.32. The zero-order valence-corrected chi connectivity index (χ0v) is 14.3. The molecule has 0 bridgehead atoms. The number of thioether (sulfide) groups is 1. The molecule has 0 radical (unpaired) electrons. The van der Waals surface area contributed by atoms with Gasteiger partial charge in [0.1, 0.15) is 4.88 Å². The van der Waals surface area contributed by atoms with Crippen LogP contribution in [-0.2, 0) is 4.79 Å². The van der Waals surface area contributed by atoms with Gasteiger partial charge in [-0.3, -0.25) is 4.79 Å². The Kier molecular flexibility index (Phi) is 4.00. The third-order valence-electron chi connectivity index (χ3n) is 3.40. The van der Waals surface area contributed by atoms with E-state index in [-0.39, 0.29) is 11.7 Å². The molecule has 0 spiro atoms. The Morgan fingerprint density at radius 1 is 1.39 bits per heavy atom. The van der Waals surface area contributed by atoms with Crippen molar-refractivity contribution in [1.82, 2.24) is 15.5 Å². The summed E-state index contributed by atoms with van der Waals surface area (Å²) in [5.74, 6) is 0.664. The minimum Gasteiger partial charge on any atom is -0.410 e. The number of benzene rings is 1. The standard InChI is InChI=1S/C15H12ClN3O2S2/c16-12-9-3-1-2-4-10(9)23-13(12)14-18-19-15(21-14)22-7-11(20)17-8-5-6-8/h1-4,8H,5-7H2,(H,17,20). The molecule has 1 aliphatic rings. The van der Waals surface area contributed by atoms with Crippen LogP contribution in [0.15, 0.2) is 33.9 Å². The summed E-state index contributed by atoms with van der Waals surface area (Å²) < 4.78 is 6.71. The molecule has 2 heterocycles. The Labute approximate surface area is 145 Å². The molecule has 23 heavy (non-hydrogen) atoms. The van der Waals surface area contributed by atoms with E-state index in [9.17, 15) is 4.79 Å². The number of hydrogen-bond acceptors (Lipinski definition) is 6. The van der Waals surface area contributed by atoms with Gasteiger partial charge in [0.05, 0.1) is 10.8 Å². The average molecular weight is 366 g/mol. The summed E-state index contributed by atoms with van der Waals surface area (Å²) in [5, 5.41) is 12.9. The lowest BCUT2D eigenvalue weighted by molar-refractivity contribution is -0.118. The number of carbonyl (C=O) groups is 1. The maximum absolute atomic E-state index is 11.7. The van der Waals surface area contributed by atoms with Gasteiger partial charge >= 0.3 is 0 Å². The van der Waals surface area contributed by atoms with E-state index in [4.69, 9.17) is 16.0 Å². The van der Waals surface area contributed by atoms with Crippen molar-refractivity contribution < 1.29 is 9.21 Å². The maximum Gasteiger partial charge on any atom is 0.277 e. The van der Waals surface area contributed by atoms with Crippen LogP contribution in [0.5, 0.6) is 0 Å². The molecule has 5 nitrogen and oxygen atoms in total. The third kappa shape index (κ3) is 3.22. The molecular weight excluding hydrogens is 354 g/mol. The molecule has 1 N–H and O–H groups in total. The van der Waals surface area contributed by atoms with Crippen molar-refractivity contribution in [2.45, 2.75) is 24.1 Å². The molecule has 8 heteroatoms. The van der Waals surface area contributed by atoms with E-state index in [0.717, 1.165) is 27.8 Å². The van der Waals surface area contributed by atoms with Crippen molar-refractivity contribution in [3.8, 4) is 10.8 Å². The van der Waals surface area contributed by atoms with E-state index in [1.54, 1.807) is 0 Å². The van der Waals surface area contributed by atoms with Crippen LogP contribution in [-0.4, -0.2) is 27.9 Å². The van der Waals surface area contributed by atoms with Crippen LogP contribution in [0.1, 0.15) is 12.8 Å². The fourth-order valence-corrected chi connectivity index (χ4v) is 4.14. The third-order valence-corrected chi connectivity index (χ3v) is 5.89. The average Bonchev–Trinajstić information content (AvgIpc) is 3.13. The van der Waals surface area contributed by atoms with Crippen molar-refractivity contribution in [3.05, 3.63) is 29.3 Å². The summed E-state index contributed by atoms with van der Waals surface area (Å²) in [6.07, 6.45) is 2.15. The number of hydrogen-bond donors (Lipinski definition) is 1. The van der Waals surface area contributed by atoms with Crippen molar-refractivity contribution in [1.29, 1.82) is 0 Å². The Bertz CT molecular complexity index is 873. The summed E-state index contributed by atoms with van der Waals surface area (Å²) in [7, 11) is 0. The van der Waals surface area contributed by atoms with Crippen LogP contribution in [0, 0.1) is 0 Å². The smallest absolute Gasteiger partial charge is 0.277 e. The highest BCUT2D eigenvalue weighted by molar-refractivity contribution is 7.99. The van der Waals surface area contributed by atoms with Gasteiger partial charge in [-0.1, -0.05) is 41.6 Å². The minimum atomic E-state index is -0.00264. The van der Waals surface area contributed by atoms with Gasteiger partial charge in [0, 0.05) is 16.1 Å². The summed E-state index contributed by atoms with van der Waals surface area (Å²) in [6.45, 7) is 0. The lowest BCUT2D eigenvalue weighted by Gasteiger charge is -1.99. The molecule has 1 fully saturated rings. The second kappa shape index (κ2) is 6.14. The summed E-state index contributed by atoms with van der Waals surface area (Å²) >= 11 is 9.15. The molecule has 118 valence electrons. The van der Waals surface area contributed by atoms with Gasteiger partial charge in [-0.25, -0.2) is 0 Å². The van der Waals surface area contributed by atoms with E-state index < -0.39 is 0 Å². The number of nitrogens with one attached hydrogen (secondary N) is 1. The number of thiophene rings is 1. The quantitative estimate of drug-likeness (QED) is 0.693. The Balaban J connectivity index is 1.50. The van der Waals surface area contributed by atoms with E-state index in [2.05, 4.69) is 15.5 Å². The van der Waals surface area contributed by atoms with Crippen LogP contribution >= 0.6 is 34.7 Å². The summed E-state index contributed by atoms with van der Waals surface area (Å²) in [6, 6.07) is 8.24. The van der Waals surface area contributed by atoms with Gasteiger partial charge in [0.15, 0.2) is 0 Å². The molecule has 1 aliphatic carbocycles. The molecular formula is C15H12ClN3O2S2. The zero-order chi connectivity index (χ0) is 15.8. The van der Waals surface area contributed by atoms with Crippen LogP contribution in [0.3, 0.4) is 0 Å². The fourth-order valence-electron chi connectivity index (χ4n) is 2.14. The zero-order valence-electron chi connectivity index (χ0n) is 11.9. The number of aromatic nitrogens is 2. The summed E-state index contributed by atoms with van der Waals surface area (Å²) in [5.41, 5.74) is 0. The number of amides is 1. The number of fused-ring (bicyclic) bond motifs is 1. The number of carbonyl (C=O) groups excluding carboxylic acids is 1. The number of nitrogens with zero attached hydrogens (tertiary/aromatic N) is 2. The molecule has 1 saturated carbocycles. The van der Waals surface area contributed by atoms with Crippen molar-refractivity contribution >= 4 is 50.7 Å². The molecule has 0 unspecified atom stereocenters. The monoisotopic (exact) mass is 365 g/mol. The largest absolute Gasteiger partial charge is 0.410 e. The first-order chi connectivity index (χ1) is 11.2. The second-order valence-electron chi connectivity index (χ2n) is 5.24. The molecule has 0 aliphatic heterocycles. The maximum atomic E-state index is 11.7. The van der Waals surface area contributed by atoms with Crippen molar-refractivity contribution in [3.63, 3.8) is 0 Å². The fraction of sp³-hybridized carbons (Fsp3) is 0.267. The SMILES string of the molecule is O=C(CSc1nnc(-c2sc3ccccc3c2Cl)o1)NC1CC1. The molecule has 3 aromatic rings. The van der Waals surface area contributed by atoms with Crippen molar-refractivity contribution in [2.75, 3.05) is 5.75 Å². The first-order valence-electron chi connectivity index (χ1n) is 7.14. The van der Waals surface area contributed by atoms with Crippen LogP contribution in [0.4, 0.5) is 0 Å². The Hall–Kier alpha value is -1.57. The number of rotatable bonds is 5. The molecule has 0 atom stereocenters. The molecule has 1 amide bonds. The molecule has 4 rings (SSSR count). The Morgan fingerprint density at radius 2 is 2.22 bits per heavy atom.